The van der Waals surface area contributed by atoms with Gasteiger partial charge in [0.15, 0.2) is 5.78 Å². The Kier molecular flexibility index (Phi) is 6.56. The van der Waals surface area contributed by atoms with Crippen molar-refractivity contribution in [3.63, 3.8) is 0 Å². The van der Waals surface area contributed by atoms with Crippen molar-refractivity contribution < 1.29 is 4.79 Å². The van der Waals surface area contributed by atoms with Crippen LogP contribution in [0.1, 0.15) is 50.8 Å². The van der Waals surface area contributed by atoms with Crippen molar-refractivity contribution >= 4 is 11.9 Å². The summed E-state index contributed by atoms with van der Waals surface area (Å²) in [5.41, 5.74) is 7.76. The summed E-state index contributed by atoms with van der Waals surface area (Å²) in [5.74, 6) is 0.168. The molecule has 0 aromatic heterocycles. The predicted octanol–water partition coefficient (Wildman–Crippen LogP) is 6.02. The summed E-state index contributed by atoms with van der Waals surface area (Å²) in [6.07, 6.45) is 16.4. The number of carbonyl (C=O) groups excluding carboxylic acids is 1. The minimum atomic E-state index is 0.126. The van der Waals surface area contributed by atoms with E-state index in [2.05, 4.69) is 49.9 Å². The normalized spacial score (nSPS) is 16.9. The van der Waals surface area contributed by atoms with E-state index < -0.39 is 0 Å². The molecule has 0 N–H and O–H groups in total. The Morgan fingerprint density at radius 3 is 2.80 bits per heavy atom. The van der Waals surface area contributed by atoms with Gasteiger partial charge < -0.3 is 0 Å². The lowest BCUT2D eigenvalue weighted by atomic mass is 9.85. The number of rotatable bonds is 3. The lowest BCUT2D eigenvalue weighted by molar-refractivity contribution is -0.114. The monoisotopic (exact) mass is 332 g/mol. The second kappa shape index (κ2) is 8.65. The standard InChI is InChI=1S/C22H22O.C2H6/c1-22(2)13-7-10-19-14-17(11-12-20(19)16-22)15-21(23)18-8-5-3-4-6-9-18;1-2/h3,5-6,8-14H,4,15-16H2,1-2H3;1-2H3. The maximum absolute atomic E-state index is 12.5. The summed E-state index contributed by atoms with van der Waals surface area (Å²) in [6.45, 7) is 8.44. The van der Waals surface area contributed by atoms with E-state index >= 15 is 0 Å². The zero-order chi connectivity index (χ0) is 18.3. The molecule has 3 rings (SSSR count). The molecule has 0 unspecified atom stereocenters. The van der Waals surface area contributed by atoms with Crippen LogP contribution in [0, 0.1) is 5.41 Å². The van der Waals surface area contributed by atoms with Gasteiger partial charge in [0.05, 0.1) is 0 Å². The number of fused-ring (bicyclic) bond motifs is 1. The molecule has 1 heteroatoms. The minimum absolute atomic E-state index is 0.126. The van der Waals surface area contributed by atoms with E-state index in [0.29, 0.717) is 6.42 Å². The predicted molar refractivity (Wildman–Crippen MR) is 108 cm³/mol. The first-order valence-corrected chi connectivity index (χ1v) is 9.15. The molecule has 2 aliphatic carbocycles. The van der Waals surface area contributed by atoms with Crippen LogP contribution in [0.25, 0.3) is 6.08 Å². The molecule has 0 amide bonds. The first kappa shape index (κ1) is 19.0. The number of Topliss-reactive ketones (excluding diaryl/α,β-unsaturated/α-hetero) is 1. The van der Waals surface area contributed by atoms with E-state index in [1.165, 1.54) is 11.1 Å². The minimum Gasteiger partial charge on any atom is -0.294 e. The molecule has 0 spiro atoms. The molecule has 130 valence electrons. The van der Waals surface area contributed by atoms with Gasteiger partial charge in [-0.2, -0.15) is 0 Å². The molecule has 0 saturated heterocycles. The Balaban J connectivity index is 0.00000109. The first-order chi connectivity index (χ1) is 12.0. The van der Waals surface area contributed by atoms with Crippen LogP contribution in [0.4, 0.5) is 0 Å². The number of benzene rings is 1. The van der Waals surface area contributed by atoms with E-state index in [1.807, 2.05) is 44.2 Å². The number of allylic oxidation sites excluding steroid dienone is 7. The second-order valence-electron chi connectivity index (χ2n) is 6.94. The van der Waals surface area contributed by atoms with Crippen LogP contribution in [0.5, 0.6) is 0 Å². The molecule has 0 bridgehead atoms. The molecule has 1 aromatic carbocycles. The summed E-state index contributed by atoms with van der Waals surface area (Å²) >= 11 is 0. The number of hydrogen-bond donors (Lipinski definition) is 0. The molecule has 0 heterocycles. The van der Waals surface area contributed by atoms with Crippen molar-refractivity contribution in [1.29, 1.82) is 0 Å². The summed E-state index contributed by atoms with van der Waals surface area (Å²) in [6, 6.07) is 6.38. The van der Waals surface area contributed by atoms with Crippen molar-refractivity contribution in [2.75, 3.05) is 0 Å². The van der Waals surface area contributed by atoms with Crippen LogP contribution in [0.2, 0.25) is 0 Å². The van der Waals surface area contributed by atoms with Crippen molar-refractivity contribution in [3.8, 4) is 0 Å². The fourth-order valence-electron chi connectivity index (χ4n) is 3.00. The zero-order valence-electron chi connectivity index (χ0n) is 15.8. The van der Waals surface area contributed by atoms with Gasteiger partial charge in [-0.15, -0.1) is 5.73 Å². The van der Waals surface area contributed by atoms with Crippen LogP contribution < -0.4 is 0 Å². The maximum Gasteiger partial charge on any atom is 0.167 e. The molecule has 2 aliphatic rings. The molecular formula is C24H28O. The smallest absolute Gasteiger partial charge is 0.167 e. The van der Waals surface area contributed by atoms with Crippen molar-refractivity contribution in [1.82, 2.24) is 0 Å². The molecule has 25 heavy (non-hydrogen) atoms. The van der Waals surface area contributed by atoms with Crippen LogP contribution >= 0.6 is 0 Å². The van der Waals surface area contributed by atoms with Gasteiger partial charge in [-0.1, -0.05) is 76.3 Å². The van der Waals surface area contributed by atoms with Gasteiger partial charge in [-0.25, -0.2) is 0 Å². The summed E-state index contributed by atoms with van der Waals surface area (Å²) < 4.78 is 0. The zero-order valence-corrected chi connectivity index (χ0v) is 15.8. The van der Waals surface area contributed by atoms with Gasteiger partial charge in [-0.05, 0) is 47.1 Å². The van der Waals surface area contributed by atoms with E-state index in [9.17, 15) is 4.79 Å². The molecule has 0 aliphatic heterocycles. The van der Waals surface area contributed by atoms with Crippen LogP contribution in [-0.2, 0) is 17.6 Å². The van der Waals surface area contributed by atoms with Crippen LogP contribution in [0.15, 0.2) is 66.0 Å². The van der Waals surface area contributed by atoms with Crippen molar-refractivity contribution in [2.45, 2.75) is 47.0 Å². The molecule has 0 atom stereocenters. The lowest BCUT2D eigenvalue weighted by Gasteiger charge is -2.19. The summed E-state index contributed by atoms with van der Waals surface area (Å²) in [7, 11) is 0. The van der Waals surface area contributed by atoms with E-state index in [4.69, 9.17) is 0 Å². The molecule has 1 nitrogen and oxygen atoms in total. The highest BCUT2D eigenvalue weighted by Gasteiger charge is 2.18. The van der Waals surface area contributed by atoms with Gasteiger partial charge in [0.1, 0.15) is 0 Å². The molecule has 0 fully saturated rings. The third-order valence-corrected chi connectivity index (χ3v) is 4.24. The second-order valence-corrected chi connectivity index (χ2v) is 6.94. The van der Waals surface area contributed by atoms with Crippen molar-refractivity contribution in [3.05, 3.63) is 82.6 Å². The molecular weight excluding hydrogens is 304 g/mol. The van der Waals surface area contributed by atoms with Gasteiger partial charge in [0.2, 0.25) is 0 Å². The Labute approximate surface area is 152 Å². The number of hydrogen-bond acceptors (Lipinski definition) is 1. The first-order valence-electron chi connectivity index (χ1n) is 9.15. The largest absolute Gasteiger partial charge is 0.294 e. The van der Waals surface area contributed by atoms with Gasteiger partial charge in [-0.3, -0.25) is 4.79 Å². The van der Waals surface area contributed by atoms with Gasteiger partial charge >= 0.3 is 0 Å². The third kappa shape index (κ3) is 5.31. The van der Waals surface area contributed by atoms with Gasteiger partial charge in [0, 0.05) is 12.0 Å². The topological polar surface area (TPSA) is 17.1 Å². The van der Waals surface area contributed by atoms with Crippen molar-refractivity contribution in [2.24, 2.45) is 5.41 Å². The van der Waals surface area contributed by atoms with Crippen LogP contribution in [-0.4, -0.2) is 5.78 Å². The van der Waals surface area contributed by atoms with Crippen LogP contribution in [0.3, 0.4) is 0 Å². The Morgan fingerprint density at radius 2 is 2.00 bits per heavy atom. The van der Waals surface area contributed by atoms with E-state index in [0.717, 1.165) is 24.0 Å². The fourth-order valence-corrected chi connectivity index (χ4v) is 3.00. The fraction of sp³-hybridized carbons (Fsp3) is 0.333. The lowest BCUT2D eigenvalue weighted by Crippen LogP contribution is -2.11. The Morgan fingerprint density at radius 1 is 1.20 bits per heavy atom. The summed E-state index contributed by atoms with van der Waals surface area (Å²) in [5, 5.41) is 0. The quantitative estimate of drug-likeness (QED) is 0.619. The average Bonchev–Trinajstić information content (AvgIpc) is 2.94. The number of carbonyl (C=O) groups is 1. The van der Waals surface area contributed by atoms with Gasteiger partial charge in [0.25, 0.3) is 0 Å². The Hall–Kier alpha value is -2.37. The number of ketones is 1. The van der Waals surface area contributed by atoms with E-state index in [-0.39, 0.29) is 11.2 Å². The highest BCUT2D eigenvalue weighted by atomic mass is 16.1. The molecule has 1 aromatic rings. The highest BCUT2D eigenvalue weighted by molar-refractivity contribution is 5.99. The SMILES string of the molecule is CC.CC1(C)C=C=Cc2cc(CC(=O)C3=CC=CCC=C3)ccc2C1. The third-order valence-electron chi connectivity index (χ3n) is 4.24. The molecule has 0 saturated carbocycles. The molecule has 0 radical (unpaired) electrons. The van der Waals surface area contributed by atoms with E-state index in [1.54, 1.807) is 0 Å². The Bertz CT molecular complexity index is 778. The summed E-state index contributed by atoms with van der Waals surface area (Å²) in [4.78, 5) is 12.5. The average molecular weight is 332 g/mol. The highest BCUT2D eigenvalue weighted by Crippen LogP contribution is 2.29. The maximum atomic E-state index is 12.5.